The monoisotopic (exact) mass is 461 g/mol. The molecule has 3 aromatic rings. The summed E-state index contributed by atoms with van der Waals surface area (Å²) in [6.45, 7) is 1.23. The molecule has 1 aliphatic rings. The quantitative estimate of drug-likeness (QED) is 0.597. The predicted octanol–water partition coefficient (Wildman–Crippen LogP) is 4.18. The highest BCUT2D eigenvalue weighted by Gasteiger charge is 2.28. The standard InChI is InChI=1S/C21H20ClN3O3S2/c22-18-9-8-16(30(27,28)25-10-4-5-11-25)12-17(18)21(26)23-13-20-24-19(14-29-20)15-6-2-1-3-7-15/h1-3,6-9,12,14H,4-5,10-11,13H2,(H,23,26). The van der Waals surface area contributed by atoms with Crippen molar-refractivity contribution in [2.45, 2.75) is 24.3 Å². The lowest BCUT2D eigenvalue weighted by Crippen LogP contribution is -2.28. The normalized spacial score (nSPS) is 14.7. The lowest BCUT2D eigenvalue weighted by molar-refractivity contribution is 0.0951. The number of benzene rings is 2. The molecule has 0 atom stereocenters. The van der Waals surface area contributed by atoms with Crippen LogP contribution in [0.5, 0.6) is 0 Å². The van der Waals surface area contributed by atoms with Crippen molar-refractivity contribution in [3.63, 3.8) is 0 Å². The lowest BCUT2D eigenvalue weighted by atomic mass is 10.2. The van der Waals surface area contributed by atoms with Crippen molar-refractivity contribution >= 4 is 38.9 Å². The highest BCUT2D eigenvalue weighted by atomic mass is 35.5. The molecule has 0 bridgehead atoms. The molecule has 0 spiro atoms. The molecule has 1 saturated heterocycles. The first-order chi connectivity index (χ1) is 14.4. The van der Waals surface area contributed by atoms with E-state index in [0.717, 1.165) is 29.1 Å². The summed E-state index contributed by atoms with van der Waals surface area (Å²) in [4.78, 5) is 17.3. The Bertz CT molecular complexity index is 1160. The summed E-state index contributed by atoms with van der Waals surface area (Å²) in [5.74, 6) is -0.435. The number of rotatable bonds is 6. The van der Waals surface area contributed by atoms with Crippen LogP contribution in [-0.4, -0.2) is 36.7 Å². The van der Waals surface area contributed by atoms with Gasteiger partial charge in [0.25, 0.3) is 5.91 Å². The second-order valence-electron chi connectivity index (χ2n) is 6.93. The smallest absolute Gasteiger partial charge is 0.253 e. The minimum absolute atomic E-state index is 0.0829. The molecule has 1 aromatic heterocycles. The zero-order valence-corrected chi connectivity index (χ0v) is 18.4. The first-order valence-electron chi connectivity index (χ1n) is 9.53. The molecule has 1 amide bonds. The van der Waals surface area contributed by atoms with E-state index in [1.807, 2.05) is 35.7 Å². The van der Waals surface area contributed by atoms with Gasteiger partial charge in [0.1, 0.15) is 5.01 Å². The molecule has 0 aliphatic carbocycles. The third-order valence-corrected chi connectivity index (χ3v) is 7.98. The summed E-state index contributed by atoms with van der Waals surface area (Å²) in [6, 6.07) is 14.0. The number of carbonyl (C=O) groups is 1. The summed E-state index contributed by atoms with van der Waals surface area (Å²) < 4.78 is 27.0. The molecule has 1 fully saturated rings. The van der Waals surface area contributed by atoms with E-state index in [1.54, 1.807) is 0 Å². The number of nitrogens with one attached hydrogen (secondary N) is 1. The molecule has 156 valence electrons. The summed E-state index contributed by atoms with van der Waals surface area (Å²) in [7, 11) is -3.62. The summed E-state index contributed by atoms with van der Waals surface area (Å²) in [5.41, 5.74) is 1.99. The van der Waals surface area contributed by atoms with E-state index < -0.39 is 15.9 Å². The topological polar surface area (TPSA) is 79.4 Å². The van der Waals surface area contributed by atoms with Gasteiger partial charge in [-0.15, -0.1) is 11.3 Å². The van der Waals surface area contributed by atoms with Crippen LogP contribution in [0.25, 0.3) is 11.3 Å². The number of halogens is 1. The van der Waals surface area contributed by atoms with Gasteiger partial charge < -0.3 is 5.32 Å². The number of hydrogen-bond acceptors (Lipinski definition) is 5. The summed E-state index contributed by atoms with van der Waals surface area (Å²) in [6.07, 6.45) is 1.69. The molecule has 0 radical (unpaired) electrons. The maximum absolute atomic E-state index is 12.8. The second kappa shape index (κ2) is 8.85. The summed E-state index contributed by atoms with van der Waals surface area (Å²) >= 11 is 7.63. The van der Waals surface area contributed by atoms with E-state index >= 15 is 0 Å². The average molecular weight is 462 g/mol. The molecule has 2 aromatic carbocycles. The van der Waals surface area contributed by atoms with Crippen molar-refractivity contribution in [1.29, 1.82) is 0 Å². The van der Waals surface area contributed by atoms with Crippen LogP contribution in [-0.2, 0) is 16.6 Å². The van der Waals surface area contributed by atoms with Gasteiger partial charge in [0, 0.05) is 24.0 Å². The maximum atomic E-state index is 12.8. The van der Waals surface area contributed by atoms with Crippen LogP contribution in [0.2, 0.25) is 5.02 Å². The van der Waals surface area contributed by atoms with Crippen LogP contribution < -0.4 is 5.32 Å². The van der Waals surface area contributed by atoms with Gasteiger partial charge in [-0.05, 0) is 31.0 Å². The van der Waals surface area contributed by atoms with E-state index in [2.05, 4.69) is 10.3 Å². The largest absolute Gasteiger partial charge is 0.345 e. The van der Waals surface area contributed by atoms with Crippen molar-refractivity contribution in [3.8, 4) is 11.3 Å². The Balaban J connectivity index is 1.48. The minimum atomic E-state index is -3.62. The van der Waals surface area contributed by atoms with E-state index in [1.165, 1.54) is 33.8 Å². The fourth-order valence-corrected chi connectivity index (χ4v) is 5.79. The molecule has 0 saturated carbocycles. The number of hydrogen-bond donors (Lipinski definition) is 1. The zero-order valence-electron chi connectivity index (χ0n) is 16.0. The molecular formula is C21H20ClN3O3S2. The number of aromatic nitrogens is 1. The lowest BCUT2D eigenvalue weighted by Gasteiger charge is -2.16. The molecular weight excluding hydrogens is 442 g/mol. The second-order valence-corrected chi connectivity index (χ2v) is 10.2. The third kappa shape index (κ3) is 4.41. The number of amides is 1. The van der Waals surface area contributed by atoms with Crippen molar-refractivity contribution in [2.24, 2.45) is 0 Å². The van der Waals surface area contributed by atoms with Crippen molar-refractivity contribution in [1.82, 2.24) is 14.6 Å². The molecule has 6 nitrogen and oxygen atoms in total. The Hall–Kier alpha value is -2.26. The summed E-state index contributed by atoms with van der Waals surface area (Å²) in [5, 5.41) is 5.68. The van der Waals surface area contributed by atoms with Crippen molar-refractivity contribution in [2.75, 3.05) is 13.1 Å². The molecule has 2 heterocycles. The molecule has 0 unspecified atom stereocenters. The Morgan fingerprint density at radius 3 is 2.60 bits per heavy atom. The van der Waals surface area contributed by atoms with Crippen molar-refractivity contribution < 1.29 is 13.2 Å². The van der Waals surface area contributed by atoms with Gasteiger partial charge >= 0.3 is 0 Å². The van der Waals surface area contributed by atoms with Crippen LogP contribution in [0, 0.1) is 0 Å². The van der Waals surface area contributed by atoms with Crippen LogP contribution in [0.3, 0.4) is 0 Å². The first-order valence-corrected chi connectivity index (χ1v) is 12.2. The van der Waals surface area contributed by atoms with Crippen LogP contribution in [0.1, 0.15) is 28.2 Å². The van der Waals surface area contributed by atoms with Gasteiger partial charge in [0.2, 0.25) is 10.0 Å². The molecule has 30 heavy (non-hydrogen) atoms. The molecule has 1 aliphatic heterocycles. The Morgan fingerprint density at radius 1 is 1.13 bits per heavy atom. The van der Waals surface area contributed by atoms with Gasteiger partial charge in [0.15, 0.2) is 0 Å². The molecule has 4 rings (SSSR count). The zero-order chi connectivity index (χ0) is 21.1. The Labute approximate surface area is 184 Å². The molecule has 1 N–H and O–H groups in total. The fourth-order valence-electron chi connectivity index (χ4n) is 3.30. The number of thiazole rings is 1. The van der Waals surface area contributed by atoms with Gasteiger partial charge in [-0.3, -0.25) is 4.79 Å². The highest BCUT2D eigenvalue weighted by molar-refractivity contribution is 7.89. The third-order valence-electron chi connectivity index (χ3n) is 4.91. The SMILES string of the molecule is O=C(NCc1nc(-c2ccccc2)cs1)c1cc(S(=O)(=O)N2CCCC2)ccc1Cl. The van der Waals surface area contributed by atoms with E-state index in [9.17, 15) is 13.2 Å². The first kappa shape index (κ1) is 21.0. The van der Waals surface area contributed by atoms with Crippen LogP contribution in [0.4, 0.5) is 0 Å². The minimum Gasteiger partial charge on any atom is -0.345 e. The van der Waals surface area contributed by atoms with Gasteiger partial charge in [-0.25, -0.2) is 13.4 Å². The molecule has 9 heteroatoms. The Morgan fingerprint density at radius 2 is 1.87 bits per heavy atom. The highest BCUT2D eigenvalue weighted by Crippen LogP contribution is 2.26. The van der Waals surface area contributed by atoms with E-state index in [4.69, 9.17) is 11.6 Å². The van der Waals surface area contributed by atoms with Gasteiger partial charge in [-0.2, -0.15) is 4.31 Å². The maximum Gasteiger partial charge on any atom is 0.253 e. The van der Waals surface area contributed by atoms with Crippen molar-refractivity contribution in [3.05, 3.63) is 69.5 Å². The number of sulfonamides is 1. The number of nitrogens with zero attached hydrogens (tertiary/aromatic N) is 2. The Kier molecular flexibility index (Phi) is 6.19. The van der Waals surface area contributed by atoms with E-state index in [0.29, 0.717) is 13.1 Å². The fraction of sp³-hybridized carbons (Fsp3) is 0.238. The van der Waals surface area contributed by atoms with Crippen LogP contribution in [0.15, 0.2) is 58.8 Å². The van der Waals surface area contributed by atoms with Gasteiger partial charge in [-0.1, -0.05) is 41.9 Å². The van der Waals surface area contributed by atoms with Gasteiger partial charge in [0.05, 0.1) is 27.7 Å². The van der Waals surface area contributed by atoms with Crippen LogP contribution >= 0.6 is 22.9 Å². The van der Waals surface area contributed by atoms with E-state index in [-0.39, 0.29) is 22.0 Å². The number of carbonyl (C=O) groups excluding carboxylic acids is 1. The average Bonchev–Trinajstić information content (AvgIpc) is 3.45. The predicted molar refractivity (Wildman–Crippen MR) is 118 cm³/mol.